The van der Waals surface area contributed by atoms with Crippen LogP contribution in [-0.4, -0.2) is 35.7 Å². The van der Waals surface area contributed by atoms with Crippen molar-refractivity contribution in [3.05, 3.63) is 29.8 Å². The summed E-state index contributed by atoms with van der Waals surface area (Å²) in [7, 11) is 0. The Labute approximate surface area is 171 Å². The van der Waals surface area contributed by atoms with Crippen molar-refractivity contribution in [3.8, 4) is 6.07 Å². The number of carbonyl (C=O) groups is 2. The lowest BCUT2D eigenvalue weighted by molar-refractivity contribution is -0.196. The summed E-state index contributed by atoms with van der Waals surface area (Å²) >= 11 is 0. The SMILES string of the molecule is Cc1ccc(N(CCC#N)C(=O)COC(=O)C23C[C@@H]4C[C@@H](CC(O)(C4)C2)C3)cc1. The predicted molar refractivity (Wildman–Crippen MR) is 107 cm³/mol. The molecule has 29 heavy (non-hydrogen) atoms. The Kier molecular flexibility index (Phi) is 5.12. The molecule has 4 bridgehead atoms. The number of anilines is 1. The van der Waals surface area contributed by atoms with Crippen molar-refractivity contribution in [2.24, 2.45) is 17.3 Å². The van der Waals surface area contributed by atoms with Gasteiger partial charge in [0.15, 0.2) is 6.61 Å². The molecule has 0 radical (unpaired) electrons. The highest BCUT2D eigenvalue weighted by molar-refractivity contribution is 5.95. The van der Waals surface area contributed by atoms with Gasteiger partial charge in [-0.1, -0.05) is 17.7 Å². The second-order valence-electron chi connectivity index (χ2n) is 9.33. The van der Waals surface area contributed by atoms with Crippen molar-refractivity contribution in [1.82, 2.24) is 0 Å². The van der Waals surface area contributed by atoms with Gasteiger partial charge in [0.05, 0.1) is 23.5 Å². The second-order valence-corrected chi connectivity index (χ2v) is 9.33. The van der Waals surface area contributed by atoms with Crippen molar-refractivity contribution < 1.29 is 19.4 Å². The third-order valence-corrected chi connectivity index (χ3v) is 6.88. The topological polar surface area (TPSA) is 90.6 Å². The molecule has 4 aliphatic rings. The molecule has 4 saturated carbocycles. The van der Waals surface area contributed by atoms with Crippen LogP contribution in [0.3, 0.4) is 0 Å². The molecule has 0 saturated heterocycles. The summed E-state index contributed by atoms with van der Waals surface area (Å²) in [5.74, 6) is 0.0804. The van der Waals surface area contributed by atoms with Gasteiger partial charge in [0.1, 0.15) is 0 Å². The molecule has 6 heteroatoms. The number of nitrogens with zero attached hydrogens (tertiary/aromatic N) is 2. The van der Waals surface area contributed by atoms with Crippen LogP contribution in [0.1, 0.15) is 50.5 Å². The second kappa shape index (κ2) is 7.46. The van der Waals surface area contributed by atoms with Crippen LogP contribution in [0, 0.1) is 35.5 Å². The Morgan fingerprint density at radius 2 is 1.86 bits per heavy atom. The van der Waals surface area contributed by atoms with E-state index in [4.69, 9.17) is 10.00 Å². The molecule has 0 spiro atoms. The average molecular weight is 396 g/mol. The van der Waals surface area contributed by atoms with Crippen molar-refractivity contribution in [3.63, 3.8) is 0 Å². The number of carbonyl (C=O) groups excluding carboxylic acids is 2. The first-order valence-corrected chi connectivity index (χ1v) is 10.5. The van der Waals surface area contributed by atoms with Crippen LogP contribution in [0.2, 0.25) is 0 Å². The first-order chi connectivity index (χ1) is 13.8. The Bertz CT molecular complexity index is 827. The lowest BCUT2D eigenvalue weighted by atomic mass is 9.48. The summed E-state index contributed by atoms with van der Waals surface area (Å²) in [4.78, 5) is 27.3. The lowest BCUT2D eigenvalue weighted by Crippen LogP contribution is -2.58. The number of nitriles is 1. The summed E-state index contributed by atoms with van der Waals surface area (Å²) in [5, 5.41) is 19.8. The molecule has 2 unspecified atom stereocenters. The highest BCUT2D eigenvalue weighted by Crippen LogP contribution is 2.61. The minimum absolute atomic E-state index is 0.202. The standard InChI is InChI=1S/C23H28N2O4/c1-16-3-5-19(6-4-16)25(8-2-7-24)20(26)14-29-21(27)22-10-17-9-18(11-22)13-23(28,12-17)15-22/h3-6,17-18,28H,2,8-15H2,1H3/t17-,18+,22?,23?. The van der Waals surface area contributed by atoms with Crippen LogP contribution < -0.4 is 4.90 Å². The highest BCUT2D eigenvalue weighted by Gasteiger charge is 2.60. The van der Waals surface area contributed by atoms with Crippen molar-refractivity contribution in [2.45, 2.75) is 57.5 Å². The van der Waals surface area contributed by atoms with Crippen LogP contribution in [0.5, 0.6) is 0 Å². The third-order valence-electron chi connectivity index (χ3n) is 6.88. The molecule has 1 N–H and O–H groups in total. The number of aryl methyl sites for hydroxylation is 1. The number of ether oxygens (including phenoxy) is 1. The van der Waals surface area contributed by atoms with Crippen LogP contribution in [0.25, 0.3) is 0 Å². The monoisotopic (exact) mass is 396 g/mol. The van der Waals surface area contributed by atoms with E-state index in [1.165, 1.54) is 4.90 Å². The van der Waals surface area contributed by atoms with E-state index in [-0.39, 0.29) is 31.4 Å². The van der Waals surface area contributed by atoms with E-state index in [1.807, 2.05) is 31.2 Å². The first kappa shape index (κ1) is 19.9. The zero-order valence-corrected chi connectivity index (χ0v) is 16.9. The van der Waals surface area contributed by atoms with E-state index >= 15 is 0 Å². The molecule has 6 nitrogen and oxygen atoms in total. The van der Waals surface area contributed by atoms with Gasteiger partial charge in [-0.3, -0.25) is 9.59 Å². The molecular weight excluding hydrogens is 368 g/mol. The van der Waals surface area contributed by atoms with Crippen LogP contribution in [0.15, 0.2) is 24.3 Å². The van der Waals surface area contributed by atoms with E-state index in [0.717, 1.165) is 37.7 Å². The van der Waals surface area contributed by atoms with Gasteiger partial charge < -0.3 is 14.7 Å². The van der Waals surface area contributed by atoms with E-state index < -0.39 is 11.0 Å². The van der Waals surface area contributed by atoms with Crippen molar-refractivity contribution >= 4 is 17.6 Å². The molecule has 5 rings (SSSR count). The van der Waals surface area contributed by atoms with Gasteiger partial charge in [0.25, 0.3) is 5.91 Å². The van der Waals surface area contributed by atoms with Crippen LogP contribution in [-0.2, 0) is 14.3 Å². The smallest absolute Gasteiger partial charge is 0.312 e. The Balaban J connectivity index is 1.43. The zero-order chi connectivity index (χ0) is 20.6. The third kappa shape index (κ3) is 3.89. The molecule has 4 atom stereocenters. The highest BCUT2D eigenvalue weighted by atomic mass is 16.5. The number of hydrogen-bond acceptors (Lipinski definition) is 5. The summed E-state index contributed by atoms with van der Waals surface area (Å²) in [6.07, 6.45) is 4.83. The Hall–Kier alpha value is -2.39. The molecule has 4 fully saturated rings. The molecule has 0 aromatic heterocycles. The van der Waals surface area contributed by atoms with Gasteiger partial charge in [0.2, 0.25) is 0 Å². The lowest BCUT2D eigenvalue weighted by Gasteiger charge is -2.58. The maximum atomic E-state index is 13.0. The maximum absolute atomic E-state index is 13.0. The van der Waals surface area contributed by atoms with E-state index in [0.29, 0.717) is 23.9 Å². The fourth-order valence-corrected chi connectivity index (χ4v) is 6.10. The quantitative estimate of drug-likeness (QED) is 0.746. The molecule has 1 aromatic rings. The average Bonchev–Trinajstić information content (AvgIpc) is 2.65. The summed E-state index contributed by atoms with van der Waals surface area (Å²) < 4.78 is 5.52. The van der Waals surface area contributed by atoms with E-state index in [9.17, 15) is 14.7 Å². The van der Waals surface area contributed by atoms with E-state index in [1.54, 1.807) is 0 Å². The Morgan fingerprint density at radius 1 is 1.21 bits per heavy atom. The summed E-state index contributed by atoms with van der Waals surface area (Å²) in [6.45, 7) is 1.88. The number of esters is 1. The van der Waals surface area contributed by atoms with Gasteiger partial charge in [0, 0.05) is 12.2 Å². The largest absolute Gasteiger partial charge is 0.455 e. The molecule has 1 aromatic carbocycles. The van der Waals surface area contributed by atoms with Gasteiger partial charge >= 0.3 is 5.97 Å². The van der Waals surface area contributed by atoms with Crippen LogP contribution in [0.4, 0.5) is 5.69 Å². The molecule has 0 aliphatic heterocycles. The van der Waals surface area contributed by atoms with Crippen molar-refractivity contribution in [1.29, 1.82) is 5.26 Å². The predicted octanol–water partition coefficient (Wildman–Crippen LogP) is 3.12. The number of aliphatic hydroxyl groups is 1. The molecule has 4 aliphatic carbocycles. The molecule has 154 valence electrons. The van der Waals surface area contributed by atoms with Crippen LogP contribution >= 0.6 is 0 Å². The number of amides is 1. The number of benzene rings is 1. The Morgan fingerprint density at radius 3 is 2.45 bits per heavy atom. The normalized spacial score (nSPS) is 31.9. The zero-order valence-electron chi connectivity index (χ0n) is 16.9. The number of hydrogen-bond donors (Lipinski definition) is 1. The van der Waals surface area contributed by atoms with Gasteiger partial charge in [-0.2, -0.15) is 5.26 Å². The first-order valence-electron chi connectivity index (χ1n) is 10.5. The van der Waals surface area contributed by atoms with Gasteiger partial charge in [-0.25, -0.2) is 0 Å². The van der Waals surface area contributed by atoms with Gasteiger partial charge in [-0.15, -0.1) is 0 Å². The number of rotatable bonds is 6. The fourth-order valence-electron chi connectivity index (χ4n) is 6.10. The minimum atomic E-state index is -0.742. The molecular formula is C23H28N2O4. The maximum Gasteiger partial charge on any atom is 0.312 e. The van der Waals surface area contributed by atoms with Crippen molar-refractivity contribution in [2.75, 3.05) is 18.1 Å². The van der Waals surface area contributed by atoms with E-state index in [2.05, 4.69) is 6.07 Å². The fraction of sp³-hybridized carbons (Fsp3) is 0.609. The molecule has 0 heterocycles. The summed E-state index contributed by atoms with van der Waals surface area (Å²) in [5.41, 5.74) is 0.387. The van der Waals surface area contributed by atoms with Gasteiger partial charge in [-0.05, 0) is 69.4 Å². The minimum Gasteiger partial charge on any atom is -0.455 e. The summed E-state index contributed by atoms with van der Waals surface area (Å²) in [6, 6.07) is 9.55. The molecule has 1 amide bonds.